The molecule has 1 saturated carbocycles. The van der Waals surface area contributed by atoms with Gasteiger partial charge in [-0.15, -0.1) is 0 Å². The number of rotatable bonds is 4. The van der Waals surface area contributed by atoms with Crippen LogP contribution in [0.3, 0.4) is 0 Å². The molecule has 4 N–H and O–H groups in total. The minimum Gasteiger partial charge on any atom is -0.508 e. The van der Waals surface area contributed by atoms with Gasteiger partial charge in [0.05, 0.1) is 0 Å². The highest BCUT2D eigenvalue weighted by Gasteiger charge is 2.28. The maximum absolute atomic E-state index is 11.9. The van der Waals surface area contributed by atoms with Crippen LogP contribution in [-0.2, 0) is 9.53 Å². The van der Waals surface area contributed by atoms with Crippen molar-refractivity contribution in [2.75, 3.05) is 6.61 Å². The van der Waals surface area contributed by atoms with Crippen molar-refractivity contribution in [3.8, 4) is 11.5 Å². The van der Waals surface area contributed by atoms with E-state index in [1.165, 1.54) is 12.1 Å². The zero-order valence-corrected chi connectivity index (χ0v) is 14.8. The minimum atomic E-state index is -0.937. The van der Waals surface area contributed by atoms with E-state index >= 15 is 0 Å². The molecule has 8 heteroatoms. The Morgan fingerprint density at radius 1 is 1.19 bits per heavy atom. The van der Waals surface area contributed by atoms with Crippen LogP contribution in [0.2, 0.25) is 0 Å². The molecule has 2 rings (SSSR count). The molecule has 0 heterocycles. The van der Waals surface area contributed by atoms with Gasteiger partial charge in [0.1, 0.15) is 17.1 Å². The van der Waals surface area contributed by atoms with Gasteiger partial charge in [0.25, 0.3) is 5.91 Å². The van der Waals surface area contributed by atoms with E-state index in [1.54, 1.807) is 0 Å². The van der Waals surface area contributed by atoms with Crippen LogP contribution >= 0.6 is 0 Å². The highest BCUT2D eigenvalue weighted by molar-refractivity contribution is 5.97. The number of nitrogens with one attached hydrogen (secondary N) is 2. The number of hydrogen-bond acceptors (Lipinski definition) is 6. The lowest BCUT2D eigenvalue weighted by Gasteiger charge is -2.34. The molecule has 1 aromatic carbocycles. The SMILES string of the molecule is C[C@@H]1[C@H](C)CCC[C@H]1NC(=O)NC(=O)COC(=O)c1ccc(O)cc1O. The van der Waals surface area contributed by atoms with E-state index in [1.807, 2.05) is 0 Å². The molecule has 1 aliphatic rings. The number of amides is 3. The zero-order valence-electron chi connectivity index (χ0n) is 14.8. The highest BCUT2D eigenvalue weighted by Crippen LogP contribution is 2.29. The topological polar surface area (TPSA) is 125 Å². The molecule has 0 aromatic heterocycles. The van der Waals surface area contributed by atoms with Gasteiger partial charge in [-0.05, 0) is 30.4 Å². The Morgan fingerprint density at radius 3 is 2.62 bits per heavy atom. The predicted molar refractivity (Wildman–Crippen MR) is 92.7 cm³/mol. The summed E-state index contributed by atoms with van der Waals surface area (Å²) in [6, 6.07) is 2.74. The first-order chi connectivity index (χ1) is 12.3. The molecule has 8 nitrogen and oxygen atoms in total. The Morgan fingerprint density at radius 2 is 1.92 bits per heavy atom. The smallest absolute Gasteiger partial charge is 0.342 e. The molecule has 1 fully saturated rings. The molecule has 142 valence electrons. The second-order valence-corrected chi connectivity index (χ2v) is 6.67. The minimum absolute atomic E-state index is 0.00282. The van der Waals surface area contributed by atoms with Crippen LogP contribution in [0.15, 0.2) is 18.2 Å². The summed E-state index contributed by atoms with van der Waals surface area (Å²) in [5.74, 6) is -1.56. The number of benzene rings is 1. The quantitative estimate of drug-likeness (QED) is 0.605. The number of esters is 1. The fourth-order valence-electron chi connectivity index (χ4n) is 3.05. The third-order valence-electron chi connectivity index (χ3n) is 4.81. The molecule has 0 radical (unpaired) electrons. The first-order valence-electron chi connectivity index (χ1n) is 8.57. The summed E-state index contributed by atoms with van der Waals surface area (Å²) in [7, 11) is 0. The van der Waals surface area contributed by atoms with Gasteiger partial charge in [0.15, 0.2) is 6.61 Å². The monoisotopic (exact) mass is 364 g/mol. The first-order valence-corrected chi connectivity index (χ1v) is 8.57. The van der Waals surface area contributed by atoms with E-state index in [-0.39, 0.29) is 17.4 Å². The highest BCUT2D eigenvalue weighted by atomic mass is 16.5. The van der Waals surface area contributed by atoms with Crippen molar-refractivity contribution in [2.45, 2.75) is 39.2 Å². The van der Waals surface area contributed by atoms with E-state index < -0.39 is 30.3 Å². The van der Waals surface area contributed by atoms with Gasteiger partial charge in [0, 0.05) is 12.1 Å². The average Bonchev–Trinajstić information content (AvgIpc) is 2.57. The van der Waals surface area contributed by atoms with Crippen molar-refractivity contribution in [3.63, 3.8) is 0 Å². The Hall–Kier alpha value is -2.77. The number of phenols is 2. The third kappa shape index (κ3) is 5.11. The summed E-state index contributed by atoms with van der Waals surface area (Å²) in [6.07, 6.45) is 3.01. The van der Waals surface area contributed by atoms with Crippen molar-refractivity contribution >= 4 is 17.9 Å². The maximum Gasteiger partial charge on any atom is 0.342 e. The average molecular weight is 364 g/mol. The summed E-state index contributed by atoms with van der Waals surface area (Å²) in [5, 5.41) is 23.7. The molecule has 3 amide bonds. The summed E-state index contributed by atoms with van der Waals surface area (Å²) in [5.41, 5.74) is -0.190. The second kappa shape index (κ2) is 8.55. The number of ether oxygens (including phenoxy) is 1. The van der Waals surface area contributed by atoms with Crippen LogP contribution in [-0.4, -0.2) is 40.8 Å². The maximum atomic E-state index is 11.9. The molecule has 0 unspecified atom stereocenters. The Balaban J connectivity index is 1.79. The van der Waals surface area contributed by atoms with Crippen molar-refractivity contribution in [1.82, 2.24) is 10.6 Å². The standard InChI is InChI=1S/C18H24N2O6/c1-10-4-3-5-14(11(10)2)19-18(25)20-16(23)9-26-17(24)13-7-6-12(21)8-15(13)22/h6-8,10-11,14,21-22H,3-5,9H2,1-2H3,(H2,19,20,23,25)/t10-,11-,14-/m1/s1. The Bertz CT molecular complexity index is 690. The molecule has 26 heavy (non-hydrogen) atoms. The Labute approximate surface area is 151 Å². The van der Waals surface area contributed by atoms with Crippen molar-refractivity contribution in [2.24, 2.45) is 11.8 Å². The predicted octanol–water partition coefficient (Wildman–Crippen LogP) is 1.91. The molecule has 1 aliphatic carbocycles. The molecular weight excluding hydrogens is 340 g/mol. The zero-order chi connectivity index (χ0) is 19.3. The summed E-state index contributed by atoms with van der Waals surface area (Å²) in [4.78, 5) is 35.5. The van der Waals surface area contributed by atoms with E-state index in [9.17, 15) is 24.6 Å². The number of hydrogen-bond donors (Lipinski definition) is 4. The van der Waals surface area contributed by atoms with Crippen molar-refractivity contribution in [1.29, 1.82) is 0 Å². The Kier molecular flexibility index (Phi) is 6.43. The summed E-state index contributed by atoms with van der Waals surface area (Å²) < 4.78 is 4.77. The summed E-state index contributed by atoms with van der Waals surface area (Å²) >= 11 is 0. The lowest BCUT2D eigenvalue weighted by atomic mass is 9.78. The van der Waals surface area contributed by atoms with Gasteiger partial charge < -0.3 is 20.3 Å². The lowest BCUT2D eigenvalue weighted by molar-refractivity contribution is -0.123. The van der Waals surface area contributed by atoms with E-state index in [4.69, 9.17) is 4.74 Å². The number of imide groups is 1. The van der Waals surface area contributed by atoms with Gasteiger partial charge in [-0.1, -0.05) is 26.7 Å². The van der Waals surface area contributed by atoms with Crippen molar-refractivity contribution < 1.29 is 29.3 Å². The number of aromatic hydroxyl groups is 2. The largest absolute Gasteiger partial charge is 0.508 e. The van der Waals surface area contributed by atoms with Crippen LogP contribution in [0.25, 0.3) is 0 Å². The van der Waals surface area contributed by atoms with Crippen LogP contribution in [0.1, 0.15) is 43.5 Å². The molecule has 0 aliphatic heterocycles. The van der Waals surface area contributed by atoms with Gasteiger partial charge in [0.2, 0.25) is 0 Å². The fraction of sp³-hybridized carbons (Fsp3) is 0.500. The van der Waals surface area contributed by atoms with Crippen LogP contribution < -0.4 is 10.6 Å². The molecule has 0 bridgehead atoms. The van der Waals surface area contributed by atoms with Gasteiger partial charge in [-0.2, -0.15) is 0 Å². The number of phenolic OH excluding ortho intramolecular Hbond substituents is 2. The number of carbonyl (C=O) groups excluding carboxylic acids is 3. The number of carbonyl (C=O) groups is 3. The van der Waals surface area contributed by atoms with E-state index in [0.29, 0.717) is 11.8 Å². The molecule has 0 saturated heterocycles. The molecule has 0 spiro atoms. The number of urea groups is 1. The second-order valence-electron chi connectivity index (χ2n) is 6.67. The fourth-order valence-corrected chi connectivity index (χ4v) is 3.05. The lowest BCUT2D eigenvalue weighted by Crippen LogP contribution is -2.49. The molecule has 1 aromatic rings. The van der Waals surface area contributed by atoms with Gasteiger partial charge in [-0.25, -0.2) is 9.59 Å². The van der Waals surface area contributed by atoms with E-state index in [0.717, 1.165) is 25.3 Å². The van der Waals surface area contributed by atoms with E-state index in [2.05, 4.69) is 24.5 Å². The van der Waals surface area contributed by atoms with Crippen LogP contribution in [0, 0.1) is 11.8 Å². The van der Waals surface area contributed by atoms with Gasteiger partial charge in [-0.3, -0.25) is 10.1 Å². The normalized spacial score (nSPS) is 22.3. The third-order valence-corrected chi connectivity index (χ3v) is 4.81. The molecule has 3 atom stereocenters. The van der Waals surface area contributed by atoms with Crippen molar-refractivity contribution in [3.05, 3.63) is 23.8 Å². The van der Waals surface area contributed by atoms with Crippen LogP contribution in [0.5, 0.6) is 11.5 Å². The van der Waals surface area contributed by atoms with Crippen LogP contribution in [0.4, 0.5) is 4.79 Å². The summed E-state index contributed by atoms with van der Waals surface area (Å²) in [6.45, 7) is 3.55. The first kappa shape index (κ1) is 19.6. The molecular formula is C18H24N2O6. The van der Waals surface area contributed by atoms with Gasteiger partial charge >= 0.3 is 12.0 Å².